The van der Waals surface area contributed by atoms with E-state index in [1.165, 1.54) is 6.07 Å². The second-order valence-corrected chi connectivity index (χ2v) is 3.21. The predicted molar refractivity (Wildman–Crippen MR) is 57.4 cm³/mol. The molecular formula is C11H15FN2. The van der Waals surface area contributed by atoms with Gasteiger partial charge in [-0.25, -0.2) is 4.39 Å². The Hall–Kier alpha value is -1.38. The van der Waals surface area contributed by atoms with Crippen LogP contribution in [0, 0.1) is 11.2 Å². The number of rotatable bonds is 3. The molecule has 1 N–H and O–H groups in total. The third-order valence-corrected chi connectivity index (χ3v) is 2.11. The summed E-state index contributed by atoms with van der Waals surface area (Å²) in [7, 11) is 1.72. The quantitative estimate of drug-likeness (QED) is 0.581. The smallest absolute Gasteiger partial charge is 0.146 e. The molecule has 0 radical (unpaired) electrons. The predicted octanol–water partition coefficient (Wildman–Crippen LogP) is 3.04. The monoisotopic (exact) mass is 194 g/mol. The summed E-state index contributed by atoms with van der Waals surface area (Å²) in [5.74, 6) is 0.161. The van der Waals surface area contributed by atoms with Crippen LogP contribution in [-0.2, 0) is 0 Å². The van der Waals surface area contributed by atoms with Crippen molar-refractivity contribution in [3.8, 4) is 0 Å². The highest BCUT2D eigenvalue weighted by molar-refractivity contribution is 5.94. The molecule has 2 nitrogen and oxygen atoms in total. The third-order valence-electron chi connectivity index (χ3n) is 2.11. The SMILES string of the molecule is CCCC(=N)N(C)c1ccccc1F. The zero-order valence-electron chi connectivity index (χ0n) is 8.55. The van der Waals surface area contributed by atoms with E-state index in [1.807, 2.05) is 6.92 Å². The maximum atomic E-state index is 13.3. The Bertz CT molecular complexity index is 323. The fourth-order valence-corrected chi connectivity index (χ4v) is 1.27. The Morgan fingerprint density at radius 1 is 1.43 bits per heavy atom. The lowest BCUT2D eigenvalue weighted by molar-refractivity contribution is 0.628. The number of halogens is 1. The van der Waals surface area contributed by atoms with Crippen molar-refractivity contribution in [2.45, 2.75) is 19.8 Å². The molecule has 0 fully saturated rings. The van der Waals surface area contributed by atoms with Gasteiger partial charge in [0, 0.05) is 13.5 Å². The Kier molecular flexibility index (Phi) is 3.63. The summed E-state index contributed by atoms with van der Waals surface area (Å²) in [5.41, 5.74) is 0.464. The van der Waals surface area contributed by atoms with Gasteiger partial charge in [0.05, 0.1) is 5.69 Å². The molecule has 1 aromatic carbocycles. The summed E-state index contributed by atoms with van der Waals surface area (Å²) in [5, 5.41) is 7.69. The number of nitrogens with one attached hydrogen (secondary N) is 1. The third kappa shape index (κ3) is 2.31. The highest BCUT2D eigenvalue weighted by atomic mass is 19.1. The molecule has 0 atom stereocenters. The topological polar surface area (TPSA) is 27.1 Å². The Balaban J connectivity index is 2.84. The van der Waals surface area contributed by atoms with Crippen LogP contribution in [0.25, 0.3) is 0 Å². The summed E-state index contributed by atoms with van der Waals surface area (Å²) in [4.78, 5) is 1.58. The molecule has 1 aromatic rings. The van der Waals surface area contributed by atoms with E-state index in [9.17, 15) is 4.39 Å². The lowest BCUT2D eigenvalue weighted by Gasteiger charge is -2.20. The van der Waals surface area contributed by atoms with Crippen molar-refractivity contribution < 1.29 is 4.39 Å². The first-order valence-electron chi connectivity index (χ1n) is 4.72. The zero-order chi connectivity index (χ0) is 10.6. The molecule has 0 unspecified atom stereocenters. The molecule has 0 aliphatic rings. The van der Waals surface area contributed by atoms with Crippen LogP contribution in [-0.4, -0.2) is 12.9 Å². The molecule has 0 aliphatic heterocycles. The molecule has 0 saturated carbocycles. The van der Waals surface area contributed by atoms with Crippen LogP contribution in [0.15, 0.2) is 24.3 Å². The molecule has 3 heteroatoms. The molecule has 0 amide bonds. The average molecular weight is 194 g/mol. The van der Waals surface area contributed by atoms with Crippen molar-refractivity contribution in [2.24, 2.45) is 0 Å². The molecule has 1 rings (SSSR count). The molecule has 0 saturated heterocycles. The first kappa shape index (κ1) is 10.7. The van der Waals surface area contributed by atoms with Gasteiger partial charge in [-0.1, -0.05) is 19.1 Å². The molecule has 14 heavy (non-hydrogen) atoms. The first-order chi connectivity index (χ1) is 6.66. The number of hydrogen-bond acceptors (Lipinski definition) is 1. The highest BCUT2D eigenvalue weighted by Gasteiger charge is 2.09. The van der Waals surface area contributed by atoms with E-state index < -0.39 is 0 Å². The van der Waals surface area contributed by atoms with Gasteiger partial charge in [0.25, 0.3) is 0 Å². The van der Waals surface area contributed by atoms with Gasteiger partial charge in [-0.2, -0.15) is 0 Å². The van der Waals surface area contributed by atoms with Gasteiger partial charge < -0.3 is 4.90 Å². The van der Waals surface area contributed by atoms with E-state index in [-0.39, 0.29) is 5.82 Å². The van der Waals surface area contributed by atoms with Gasteiger partial charge in [0.15, 0.2) is 0 Å². The van der Waals surface area contributed by atoms with E-state index in [0.717, 1.165) is 6.42 Å². The summed E-state index contributed by atoms with van der Waals surface area (Å²) in [6, 6.07) is 6.51. The van der Waals surface area contributed by atoms with Crippen molar-refractivity contribution in [1.82, 2.24) is 0 Å². The lowest BCUT2D eigenvalue weighted by Crippen LogP contribution is -2.25. The number of para-hydroxylation sites is 1. The zero-order valence-corrected chi connectivity index (χ0v) is 8.55. The average Bonchev–Trinajstić information content (AvgIpc) is 2.18. The highest BCUT2D eigenvalue weighted by Crippen LogP contribution is 2.17. The Morgan fingerprint density at radius 3 is 2.64 bits per heavy atom. The summed E-state index contributed by atoms with van der Waals surface area (Å²) in [6.45, 7) is 2.00. The molecule has 0 bridgehead atoms. The van der Waals surface area contributed by atoms with E-state index in [2.05, 4.69) is 0 Å². The normalized spacial score (nSPS) is 9.93. The van der Waals surface area contributed by atoms with Crippen molar-refractivity contribution >= 4 is 11.5 Å². The fraction of sp³-hybridized carbons (Fsp3) is 0.364. The van der Waals surface area contributed by atoms with Gasteiger partial charge in [-0.3, -0.25) is 5.41 Å². The molecule has 0 spiro atoms. The fourth-order valence-electron chi connectivity index (χ4n) is 1.27. The molecule has 0 aliphatic carbocycles. The standard InChI is InChI=1S/C11H15FN2/c1-3-6-11(13)14(2)10-8-5-4-7-9(10)12/h4-5,7-8,13H,3,6H2,1-2H3. The minimum Gasteiger partial charge on any atom is -0.331 e. The van der Waals surface area contributed by atoms with Crippen LogP contribution in [0.5, 0.6) is 0 Å². The van der Waals surface area contributed by atoms with Crippen molar-refractivity contribution in [3.05, 3.63) is 30.1 Å². The molecular weight excluding hydrogens is 179 g/mol. The number of benzene rings is 1. The van der Waals surface area contributed by atoms with Crippen LogP contribution in [0.4, 0.5) is 10.1 Å². The Morgan fingerprint density at radius 2 is 2.07 bits per heavy atom. The largest absolute Gasteiger partial charge is 0.331 e. The minimum absolute atomic E-state index is 0.282. The number of anilines is 1. The van der Waals surface area contributed by atoms with Gasteiger partial charge in [-0.15, -0.1) is 0 Å². The van der Waals surface area contributed by atoms with Crippen LogP contribution in [0.1, 0.15) is 19.8 Å². The van der Waals surface area contributed by atoms with Crippen molar-refractivity contribution in [2.75, 3.05) is 11.9 Å². The lowest BCUT2D eigenvalue weighted by atomic mass is 10.2. The van der Waals surface area contributed by atoms with Crippen molar-refractivity contribution in [1.29, 1.82) is 5.41 Å². The van der Waals surface area contributed by atoms with Crippen LogP contribution < -0.4 is 4.90 Å². The van der Waals surface area contributed by atoms with E-state index in [1.54, 1.807) is 30.1 Å². The summed E-state index contributed by atoms with van der Waals surface area (Å²) >= 11 is 0. The molecule has 76 valence electrons. The first-order valence-corrected chi connectivity index (χ1v) is 4.72. The molecule has 0 aromatic heterocycles. The van der Waals surface area contributed by atoms with Gasteiger partial charge in [-0.05, 0) is 18.6 Å². The number of amidine groups is 1. The van der Waals surface area contributed by atoms with Gasteiger partial charge in [0.2, 0.25) is 0 Å². The second-order valence-electron chi connectivity index (χ2n) is 3.21. The Labute approximate surface area is 83.9 Å². The van der Waals surface area contributed by atoms with Gasteiger partial charge >= 0.3 is 0 Å². The maximum absolute atomic E-state index is 13.3. The summed E-state index contributed by atoms with van der Waals surface area (Å²) < 4.78 is 13.3. The van der Waals surface area contributed by atoms with Crippen LogP contribution in [0.3, 0.4) is 0 Å². The van der Waals surface area contributed by atoms with E-state index in [0.29, 0.717) is 17.9 Å². The number of nitrogens with zero attached hydrogens (tertiary/aromatic N) is 1. The van der Waals surface area contributed by atoms with Crippen LogP contribution in [0.2, 0.25) is 0 Å². The van der Waals surface area contributed by atoms with Crippen LogP contribution >= 0.6 is 0 Å². The van der Waals surface area contributed by atoms with Gasteiger partial charge in [0.1, 0.15) is 11.7 Å². The van der Waals surface area contributed by atoms with E-state index >= 15 is 0 Å². The number of hydrogen-bond donors (Lipinski definition) is 1. The maximum Gasteiger partial charge on any atom is 0.146 e. The van der Waals surface area contributed by atoms with E-state index in [4.69, 9.17) is 5.41 Å². The molecule has 0 heterocycles. The second kappa shape index (κ2) is 4.74. The minimum atomic E-state index is -0.282. The van der Waals surface area contributed by atoms with Crippen molar-refractivity contribution in [3.63, 3.8) is 0 Å². The summed E-state index contributed by atoms with van der Waals surface area (Å²) in [6.07, 6.45) is 1.57.